The molecule has 1 aliphatic rings. The van der Waals surface area contributed by atoms with Crippen LogP contribution in [0.4, 0.5) is 0 Å². The topological polar surface area (TPSA) is 36.4 Å². The molecule has 0 saturated carbocycles. The molecule has 1 fully saturated rings. The molecule has 0 atom stereocenters. The SMILES string of the molecule is CSc1ncccc1C(=O)N1CCN(Cc2ccc(Cl)s2)CC1. The van der Waals surface area contributed by atoms with Gasteiger partial charge >= 0.3 is 0 Å². The van der Waals surface area contributed by atoms with Crippen molar-refractivity contribution in [2.24, 2.45) is 0 Å². The molecule has 0 aliphatic carbocycles. The number of halogens is 1. The fraction of sp³-hybridized carbons (Fsp3) is 0.375. The Morgan fingerprint density at radius 3 is 2.74 bits per heavy atom. The second-order valence-electron chi connectivity index (χ2n) is 5.33. The predicted octanol–water partition coefficient (Wildman–Crippen LogP) is 3.48. The maximum absolute atomic E-state index is 12.7. The number of pyridine rings is 1. The lowest BCUT2D eigenvalue weighted by molar-refractivity contribution is 0.0625. The molecule has 122 valence electrons. The Hall–Kier alpha value is -1.08. The number of aromatic nitrogens is 1. The minimum Gasteiger partial charge on any atom is -0.336 e. The van der Waals surface area contributed by atoms with E-state index in [1.54, 1.807) is 17.5 Å². The van der Waals surface area contributed by atoms with Crippen LogP contribution in [0.2, 0.25) is 4.34 Å². The summed E-state index contributed by atoms with van der Waals surface area (Å²) in [6.07, 6.45) is 3.68. The molecule has 4 nitrogen and oxygen atoms in total. The second-order valence-corrected chi connectivity index (χ2v) is 7.93. The molecule has 3 heterocycles. The third-order valence-electron chi connectivity index (χ3n) is 3.86. The highest BCUT2D eigenvalue weighted by molar-refractivity contribution is 7.98. The van der Waals surface area contributed by atoms with E-state index in [4.69, 9.17) is 11.6 Å². The van der Waals surface area contributed by atoms with Crippen molar-refractivity contribution in [1.29, 1.82) is 0 Å². The molecule has 0 bridgehead atoms. The van der Waals surface area contributed by atoms with Crippen LogP contribution in [-0.4, -0.2) is 53.1 Å². The zero-order valence-corrected chi connectivity index (χ0v) is 15.3. The molecule has 23 heavy (non-hydrogen) atoms. The minimum absolute atomic E-state index is 0.0845. The number of carbonyl (C=O) groups is 1. The number of nitrogens with zero attached hydrogens (tertiary/aromatic N) is 3. The van der Waals surface area contributed by atoms with Crippen molar-refractivity contribution in [3.05, 3.63) is 45.2 Å². The van der Waals surface area contributed by atoms with Gasteiger partial charge in [0.05, 0.1) is 9.90 Å². The van der Waals surface area contributed by atoms with E-state index >= 15 is 0 Å². The van der Waals surface area contributed by atoms with Gasteiger partial charge in [-0.05, 0) is 30.5 Å². The maximum atomic E-state index is 12.7. The molecule has 0 aromatic carbocycles. The number of rotatable bonds is 4. The van der Waals surface area contributed by atoms with E-state index in [1.165, 1.54) is 16.6 Å². The molecule has 0 N–H and O–H groups in total. The first-order valence-electron chi connectivity index (χ1n) is 7.42. The zero-order chi connectivity index (χ0) is 16.2. The van der Waals surface area contributed by atoms with Crippen LogP contribution in [0.5, 0.6) is 0 Å². The predicted molar refractivity (Wildman–Crippen MR) is 96.5 cm³/mol. The Morgan fingerprint density at radius 1 is 1.30 bits per heavy atom. The van der Waals surface area contributed by atoms with Crippen LogP contribution in [0.25, 0.3) is 0 Å². The van der Waals surface area contributed by atoms with Gasteiger partial charge in [0.2, 0.25) is 0 Å². The van der Waals surface area contributed by atoms with E-state index in [2.05, 4.69) is 16.0 Å². The van der Waals surface area contributed by atoms with E-state index in [-0.39, 0.29) is 5.91 Å². The maximum Gasteiger partial charge on any atom is 0.256 e. The van der Waals surface area contributed by atoms with E-state index in [1.807, 2.05) is 29.4 Å². The van der Waals surface area contributed by atoms with Gasteiger partial charge in [-0.25, -0.2) is 4.98 Å². The molecule has 1 aliphatic heterocycles. The molecule has 2 aromatic heterocycles. The average molecular weight is 368 g/mol. The third kappa shape index (κ3) is 4.07. The van der Waals surface area contributed by atoms with Crippen molar-refractivity contribution in [3.8, 4) is 0 Å². The lowest BCUT2D eigenvalue weighted by atomic mass is 10.2. The molecule has 0 radical (unpaired) electrons. The molecular formula is C16H18ClN3OS2. The van der Waals surface area contributed by atoms with Crippen LogP contribution >= 0.6 is 34.7 Å². The number of amides is 1. The first-order valence-corrected chi connectivity index (χ1v) is 9.84. The molecule has 0 unspecified atom stereocenters. The number of hydrogen-bond donors (Lipinski definition) is 0. The Balaban J connectivity index is 1.59. The Kier molecular flexibility index (Phi) is 5.58. The van der Waals surface area contributed by atoms with E-state index in [9.17, 15) is 4.79 Å². The summed E-state index contributed by atoms with van der Waals surface area (Å²) in [5, 5.41) is 0.799. The molecule has 1 saturated heterocycles. The normalized spacial score (nSPS) is 15.8. The van der Waals surface area contributed by atoms with Crippen LogP contribution in [-0.2, 0) is 6.54 Å². The van der Waals surface area contributed by atoms with E-state index in [0.29, 0.717) is 5.56 Å². The van der Waals surface area contributed by atoms with Crippen LogP contribution in [0.3, 0.4) is 0 Å². The van der Waals surface area contributed by atoms with Gasteiger partial charge < -0.3 is 4.90 Å². The number of hydrogen-bond acceptors (Lipinski definition) is 5. The van der Waals surface area contributed by atoms with Gasteiger partial charge in [0.25, 0.3) is 5.91 Å². The number of carbonyl (C=O) groups excluding carboxylic acids is 1. The lowest BCUT2D eigenvalue weighted by Gasteiger charge is -2.34. The minimum atomic E-state index is 0.0845. The molecule has 3 rings (SSSR count). The summed E-state index contributed by atoms with van der Waals surface area (Å²) in [5.41, 5.74) is 0.707. The Bertz CT molecular complexity index is 683. The first-order chi connectivity index (χ1) is 11.2. The number of thiophene rings is 1. The first kappa shape index (κ1) is 16.8. The lowest BCUT2D eigenvalue weighted by Crippen LogP contribution is -2.48. The van der Waals surface area contributed by atoms with Crippen molar-refractivity contribution in [1.82, 2.24) is 14.8 Å². The standard InChI is InChI=1S/C16H18ClN3OS2/c1-22-15-13(3-2-6-18-15)16(21)20-9-7-19(8-10-20)11-12-4-5-14(17)23-12/h2-6H,7-11H2,1H3. The summed E-state index contributed by atoms with van der Waals surface area (Å²) in [6.45, 7) is 4.18. The summed E-state index contributed by atoms with van der Waals surface area (Å²) in [7, 11) is 0. The van der Waals surface area contributed by atoms with Crippen molar-refractivity contribution >= 4 is 40.6 Å². The summed E-state index contributed by atoms with van der Waals surface area (Å²) in [4.78, 5) is 22.5. The summed E-state index contributed by atoms with van der Waals surface area (Å²) in [6, 6.07) is 7.70. The molecule has 0 spiro atoms. The smallest absolute Gasteiger partial charge is 0.256 e. The van der Waals surface area contributed by atoms with Crippen LogP contribution in [0.1, 0.15) is 15.2 Å². The van der Waals surface area contributed by atoms with Crippen LogP contribution < -0.4 is 0 Å². The van der Waals surface area contributed by atoms with Gasteiger partial charge in [-0.1, -0.05) is 11.6 Å². The van der Waals surface area contributed by atoms with Gasteiger partial charge in [-0.15, -0.1) is 23.1 Å². The molecule has 2 aromatic rings. The summed E-state index contributed by atoms with van der Waals surface area (Å²) < 4.78 is 0.829. The van der Waals surface area contributed by atoms with Crippen molar-refractivity contribution < 1.29 is 4.79 Å². The van der Waals surface area contributed by atoms with Crippen molar-refractivity contribution in [3.63, 3.8) is 0 Å². The highest BCUT2D eigenvalue weighted by atomic mass is 35.5. The Labute approximate surface area is 149 Å². The largest absolute Gasteiger partial charge is 0.336 e. The van der Waals surface area contributed by atoms with Gasteiger partial charge in [-0.2, -0.15) is 0 Å². The average Bonchev–Trinajstić information content (AvgIpc) is 3.00. The van der Waals surface area contributed by atoms with Crippen molar-refractivity contribution in [2.45, 2.75) is 11.6 Å². The van der Waals surface area contributed by atoms with Crippen molar-refractivity contribution in [2.75, 3.05) is 32.4 Å². The van der Waals surface area contributed by atoms with Gasteiger partial charge in [0.1, 0.15) is 5.03 Å². The third-order valence-corrected chi connectivity index (χ3v) is 5.79. The van der Waals surface area contributed by atoms with E-state index in [0.717, 1.165) is 42.1 Å². The van der Waals surface area contributed by atoms with Gasteiger partial charge in [0.15, 0.2) is 0 Å². The number of thioether (sulfide) groups is 1. The van der Waals surface area contributed by atoms with E-state index < -0.39 is 0 Å². The van der Waals surface area contributed by atoms with Gasteiger partial charge in [0, 0.05) is 43.8 Å². The van der Waals surface area contributed by atoms with Crippen LogP contribution in [0.15, 0.2) is 35.5 Å². The second kappa shape index (κ2) is 7.66. The zero-order valence-electron chi connectivity index (χ0n) is 12.9. The molecule has 7 heteroatoms. The summed E-state index contributed by atoms with van der Waals surface area (Å²) >= 11 is 9.11. The highest BCUT2D eigenvalue weighted by Crippen LogP contribution is 2.24. The Morgan fingerprint density at radius 2 is 2.09 bits per heavy atom. The number of piperazine rings is 1. The monoisotopic (exact) mass is 367 g/mol. The molecular weight excluding hydrogens is 350 g/mol. The highest BCUT2D eigenvalue weighted by Gasteiger charge is 2.24. The fourth-order valence-electron chi connectivity index (χ4n) is 2.65. The fourth-order valence-corrected chi connectivity index (χ4v) is 4.32. The van der Waals surface area contributed by atoms with Gasteiger partial charge in [-0.3, -0.25) is 9.69 Å². The molecule has 1 amide bonds. The summed E-state index contributed by atoms with van der Waals surface area (Å²) in [5.74, 6) is 0.0845. The quantitative estimate of drug-likeness (QED) is 0.775. The van der Waals surface area contributed by atoms with Crippen LogP contribution in [0, 0.1) is 0 Å².